The monoisotopic (exact) mass is 334 g/mol. The van der Waals surface area contributed by atoms with Crippen LogP contribution in [0.25, 0.3) is 0 Å². The number of non-ortho nitro benzene ring substituents is 2. The van der Waals surface area contributed by atoms with Gasteiger partial charge < -0.3 is 10.2 Å². The third kappa shape index (κ3) is 5.18. The molecule has 0 aliphatic rings. The van der Waals surface area contributed by atoms with Gasteiger partial charge >= 0.3 is 11.9 Å². The topological polar surface area (TPSA) is 161 Å². The van der Waals surface area contributed by atoms with Crippen LogP contribution in [-0.4, -0.2) is 32.0 Å². The number of nitro benzene ring substituents is 2. The van der Waals surface area contributed by atoms with E-state index in [0.29, 0.717) is 0 Å². The first-order valence-electron chi connectivity index (χ1n) is 6.18. The molecule has 2 aromatic carbocycles. The van der Waals surface area contributed by atoms with E-state index in [0.717, 1.165) is 24.3 Å². The molecule has 0 spiro atoms. The zero-order valence-corrected chi connectivity index (χ0v) is 11.9. The minimum Gasteiger partial charge on any atom is -0.478 e. The van der Waals surface area contributed by atoms with Crippen LogP contribution in [0.2, 0.25) is 0 Å². The number of carboxylic acids is 2. The van der Waals surface area contributed by atoms with E-state index in [2.05, 4.69) is 0 Å². The average Bonchev–Trinajstić information content (AvgIpc) is 2.55. The van der Waals surface area contributed by atoms with E-state index in [1.54, 1.807) is 0 Å². The number of rotatable bonds is 4. The zero-order chi connectivity index (χ0) is 18.3. The second-order valence-electron chi connectivity index (χ2n) is 4.22. The van der Waals surface area contributed by atoms with Crippen LogP contribution >= 0.6 is 0 Å². The van der Waals surface area contributed by atoms with Gasteiger partial charge in [0.25, 0.3) is 11.4 Å². The molecule has 0 aromatic heterocycles. The Labute approximate surface area is 133 Å². The van der Waals surface area contributed by atoms with Gasteiger partial charge in [0.2, 0.25) is 0 Å². The summed E-state index contributed by atoms with van der Waals surface area (Å²) in [6.45, 7) is 0. The van der Waals surface area contributed by atoms with E-state index in [1.165, 1.54) is 24.3 Å². The predicted octanol–water partition coefficient (Wildman–Crippen LogP) is 2.59. The lowest BCUT2D eigenvalue weighted by Crippen LogP contribution is -1.96. The molecular weight excluding hydrogens is 324 g/mol. The summed E-state index contributed by atoms with van der Waals surface area (Å²) in [5.74, 6) is -2.19. The molecule has 0 unspecified atom stereocenters. The molecule has 0 aliphatic carbocycles. The largest absolute Gasteiger partial charge is 0.478 e. The van der Waals surface area contributed by atoms with Crippen molar-refractivity contribution in [3.63, 3.8) is 0 Å². The van der Waals surface area contributed by atoms with Gasteiger partial charge in [-0.2, -0.15) is 0 Å². The SMILES string of the molecule is O=C(O)c1ccc([N+](=O)[O-])cc1.O=C(O)c1ccc([N+](=O)[O-])cc1. The maximum absolute atomic E-state index is 10.3. The number of hydrogen-bond acceptors (Lipinski definition) is 6. The van der Waals surface area contributed by atoms with Crippen molar-refractivity contribution in [3.05, 3.63) is 79.9 Å². The standard InChI is InChI=1S/2C7H5NO4/c2*9-7(10)5-1-3-6(4-2-5)8(11)12/h2*1-4H,(H,9,10). The maximum Gasteiger partial charge on any atom is 0.335 e. The first-order valence-corrected chi connectivity index (χ1v) is 6.18. The summed E-state index contributed by atoms with van der Waals surface area (Å²) in [5, 5.41) is 37.2. The summed E-state index contributed by atoms with van der Waals surface area (Å²) < 4.78 is 0. The van der Waals surface area contributed by atoms with E-state index in [4.69, 9.17) is 10.2 Å². The van der Waals surface area contributed by atoms with Gasteiger partial charge in [-0.3, -0.25) is 20.2 Å². The first-order chi connectivity index (χ1) is 11.2. The third-order valence-corrected chi connectivity index (χ3v) is 2.65. The highest BCUT2D eigenvalue weighted by molar-refractivity contribution is 5.88. The van der Waals surface area contributed by atoms with E-state index in [9.17, 15) is 29.8 Å². The van der Waals surface area contributed by atoms with Gasteiger partial charge in [-0.05, 0) is 24.3 Å². The Morgan fingerprint density at radius 2 is 0.917 bits per heavy atom. The smallest absolute Gasteiger partial charge is 0.335 e. The van der Waals surface area contributed by atoms with E-state index >= 15 is 0 Å². The lowest BCUT2D eigenvalue weighted by Gasteiger charge is -1.92. The van der Waals surface area contributed by atoms with Crippen molar-refractivity contribution in [2.24, 2.45) is 0 Å². The van der Waals surface area contributed by atoms with Crippen molar-refractivity contribution in [2.75, 3.05) is 0 Å². The van der Waals surface area contributed by atoms with Gasteiger partial charge in [0.05, 0.1) is 21.0 Å². The Morgan fingerprint density at radius 3 is 1.08 bits per heavy atom. The number of hydrogen-bond donors (Lipinski definition) is 2. The molecule has 2 N–H and O–H groups in total. The second-order valence-corrected chi connectivity index (χ2v) is 4.22. The molecule has 10 nitrogen and oxygen atoms in total. The van der Waals surface area contributed by atoms with Crippen molar-refractivity contribution in [3.8, 4) is 0 Å². The molecule has 0 amide bonds. The molecule has 0 bridgehead atoms. The number of carboxylic acid groups (broad SMARTS) is 2. The Balaban J connectivity index is 0.000000240. The molecule has 0 saturated carbocycles. The molecule has 2 rings (SSSR count). The van der Waals surface area contributed by atoms with Gasteiger partial charge in [0.15, 0.2) is 0 Å². The van der Waals surface area contributed by atoms with Crippen molar-refractivity contribution >= 4 is 23.3 Å². The van der Waals surface area contributed by atoms with Crippen LogP contribution in [0.4, 0.5) is 11.4 Å². The van der Waals surface area contributed by atoms with Crippen LogP contribution in [-0.2, 0) is 0 Å². The lowest BCUT2D eigenvalue weighted by atomic mass is 10.2. The Morgan fingerprint density at radius 1 is 0.667 bits per heavy atom. The van der Waals surface area contributed by atoms with E-state index in [1.807, 2.05) is 0 Å². The first kappa shape index (κ1) is 18.2. The molecule has 0 atom stereocenters. The van der Waals surface area contributed by atoms with Crippen LogP contribution in [0.1, 0.15) is 20.7 Å². The second kappa shape index (κ2) is 7.98. The number of nitrogens with zero attached hydrogens (tertiary/aromatic N) is 2. The molecule has 10 heteroatoms. The quantitative estimate of drug-likeness (QED) is 0.636. The number of benzene rings is 2. The van der Waals surface area contributed by atoms with E-state index in [-0.39, 0.29) is 22.5 Å². The predicted molar refractivity (Wildman–Crippen MR) is 80.1 cm³/mol. The van der Waals surface area contributed by atoms with Crippen LogP contribution in [0.5, 0.6) is 0 Å². The van der Waals surface area contributed by atoms with Gasteiger partial charge in [-0.1, -0.05) is 0 Å². The summed E-state index contributed by atoms with van der Waals surface area (Å²) in [5.41, 5.74) is -0.138. The molecule has 0 fully saturated rings. The molecule has 24 heavy (non-hydrogen) atoms. The molecule has 124 valence electrons. The van der Waals surface area contributed by atoms with Gasteiger partial charge in [0, 0.05) is 24.3 Å². The van der Waals surface area contributed by atoms with Crippen LogP contribution < -0.4 is 0 Å². The van der Waals surface area contributed by atoms with Crippen LogP contribution in [0.3, 0.4) is 0 Å². The van der Waals surface area contributed by atoms with Crippen molar-refractivity contribution in [1.82, 2.24) is 0 Å². The Bertz CT molecular complexity index is 635. The fraction of sp³-hybridized carbons (Fsp3) is 0. The Hall–Kier alpha value is -3.82. The van der Waals surface area contributed by atoms with Crippen molar-refractivity contribution in [2.45, 2.75) is 0 Å². The van der Waals surface area contributed by atoms with Gasteiger partial charge in [-0.25, -0.2) is 9.59 Å². The van der Waals surface area contributed by atoms with Crippen molar-refractivity contribution < 1.29 is 29.6 Å². The average molecular weight is 334 g/mol. The van der Waals surface area contributed by atoms with Gasteiger partial charge in [0.1, 0.15) is 0 Å². The van der Waals surface area contributed by atoms with Crippen molar-refractivity contribution in [1.29, 1.82) is 0 Å². The zero-order valence-electron chi connectivity index (χ0n) is 11.9. The molecule has 2 aromatic rings. The summed E-state index contributed by atoms with van der Waals surface area (Å²) in [6.07, 6.45) is 0. The third-order valence-electron chi connectivity index (χ3n) is 2.65. The summed E-state index contributed by atoms with van der Waals surface area (Å²) in [4.78, 5) is 39.7. The summed E-state index contributed by atoms with van der Waals surface area (Å²) >= 11 is 0. The maximum atomic E-state index is 10.3. The summed E-state index contributed by atoms with van der Waals surface area (Å²) in [6, 6.07) is 9.40. The lowest BCUT2D eigenvalue weighted by molar-refractivity contribution is -0.385. The number of aromatic carboxylic acids is 2. The highest BCUT2D eigenvalue weighted by Gasteiger charge is 2.07. The fourth-order valence-corrected chi connectivity index (χ4v) is 1.45. The molecular formula is C14H10N2O8. The normalized spacial score (nSPS) is 9.33. The Kier molecular flexibility index (Phi) is 6.06. The van der Waals surface area contributed by atoms with Gasteiger partial charge in [-0.15, -0.1) is 0 Å². The molecule has 0 heterocycles. The highest BCUT2D eigenvalue weighted by atomic mass is 16.6. The summed E-state index contributed by atoms with van der Waals surface area (Å²) in [7, 11) is 0. The van der Waals surface area contributed by atoms with Crippen LogP contribution in [0.15, 0.2) is 48.5 Å². The number of nitro groups is 2. The molecule has 0 aliphatic heterocycles. The fourth-order valence-electron chi connectivity index (χ4n) is 1.45. The molecule has 0 saturated heterocycles. The minimum absolute atomic E-state index is 0.0422. The minimum atomic E-state index is -1.09. The highest BCUT2D eigenvalue weighted by Crippen LogP contribution is 2.12. The van der Waals surface area contributed by atoms with Crippen LogP contribution in [0, 0.1) is 20.2 Å². The van der Waals surface area contributed by atoms with E-state index < -0.39 is 21.8 Å². The molecule has 0 radical (unpaired) electrons. The number of carbonyl (C=O) groups is 2.